The number of aromatic amines is 1. The maximum absolute atomic E-state index is 13.2. The summed E-state index contributed by atoms with van der Waals surface area (Å²) < 4.78 is 68.4. The van der Waals surface area contributed by atoms with Crippen molar-refractivity contribution in [1.29, 1.82) is 0 Å². The van der Waals surface area contributed by atoms with Gasteiger partial charge in [-0.25, -0.2) is 21.5 Å². The maximum Gasteiger partial charge on any atom is 1.00 e. The first-order chi connectivity index (χ1) is 19.8. The van der Waals surface area contributed by atoms with Gasteiger partial charge in [0, 0.05) is 11.6 Å². The zero-order chi connectivity index (χ0) is 30.8. The van der Waals surface area contributed by atoms with Gasteiger partial charge in [0.2, 0.25) is 0 Å². The number of Topliss-reactive ketones (excluding diaryl/α,β-unsaturated/α-hetero) is 1. The fraction of sp³-hybridized carbons (Fsp3) is 0.0769. The second-order valence-electron chi connectivity index (χ2n) is 8.47. The molecule has 18 heteroatoms. The molecule has 3 aromatic rings. The molecule has 0 radical (unpaired) electrons. The first kappa shape index (κ1) is 38.4. The minimum Gasteiger partial charge on any atom is -0.744 e. The van der Waals surface area contributed by atoms with Crippen molar-refractivity contribution in [1.82, 2.24) is 9.78 Å². The molecule has 0 atom stereocenters. The molecule has 2 N–H and O–H groups in total. The van der Waals surface area contributed by atoms with Gasteiger partial charge in [-0.05, 0) is 67.1 Å². The second kappa shape index (κ2) is 15.7. The molecule has 14 nitrogen and oxygen atoms in total. The van der Waals surface area contributed by atoms with Crippen molar-refractivity contribution in [2.75, 3.05) is 5.01 Å². The number of H-pyrrole nitrogens is 1. The van der Waals surface area contributed by atoms with Crippen LogP contribution in [-0.4, -0.2) is 58.2 Å². The number of aliphatic hydroxyl groups is 1. The third-order valence-electron chi connectivity index (χ3n) is 5.90. The summed E-state index contributed by atoms with van der Waals surface area (Å²) in [6, 6.07) is 8.89. The third-order valence-corrected chi connectivity index (χ3v) is 7.60. The number of rotatable bonds is 8. The number of aryl methyl sites for hydroxylation is 1. The van der Waals surface area contributed by atoms with Crippen LogP contribution in [0.1, 0.15) is 18.2 Å². The van der Waals surface area contributed by atoms with Crippen LogP contribution in [0.4, 0.5) is 5.69 Å². The number of carbonyl (C=O) groups is 2. The van der Waals surface area contributed by atoms with Crippen molar-refractivity contribution in [2.24, 2.45) is 5.10 Å². The molecule has 2 aromatic carbocycles. The zero-order valence-corrected chi connectivity index (χ0v) is 31.2. The summed E-state index contributed by atoms with van der Waals surface area (Å²) in [5.74, 6) is 0.0360. The van der Waals surface area contributed by atoms with Gasteiger partial charge >= 0.3 is 103 Å². The third kappa shape index (κ3) is 8.51. The van der Waals surface area contributed by atoms with Gasteiger partial charge in [-0.3, -0.25) is 19.5 Å². The molecule has 44 heavy (non-hydrogen) atoms. The van der Waals surface area contributed by atoms with Crippen LogP contribution in [0.5, 0.6) is 0 Å². The number of hydrogen-bond acceptors (Lipinski definition) is 11. The van der Waals surface area contributed by atoms with E-state index in [-0.39, 0.29) is 125 Å². The molecular weight excluding hydrogens is 671 g/mol. The Morgan fingerprint density at radius 3 is 1.95 bits per heavy atom. The number of allylic oxidation sites excluding steroid dienone is 2. The first-order valence-electron chi connectivity index (χ1n) is 11.7. The normalized spacial score (nSPS) is 14.1. The van der Waals surface area contributed by atoms with Gasteiger partial charge in [-0.1, -0.05) is 13.0 Å². The minimum absolute atomic E-state index is 0. The van der Waals surface area contributed by atoms with Crippen LogP contribution in [0.2, 0.25) is 0 Å². The molecule has 4 rings (SSSR count). The van der Waals surface area contributed by atoms with E-state index < -0.39 is 53.0 Å². The molecule has 1 amide bonds. The zero-order valence-electron chi connectivity index (χ0n) is 23.3. The predicted octanol–water partition coefficient (Wildman–Crippen LogP) is -5.21. The number of benzene rings is 2. The number of carbonyl (C=O) groups excluding carboxylic acids is 2. The summed E-state index contributed by atoms with van der Waals surface area (Å²) in [7, 11) is -9.42. The summed E-state index contributed by atoms with van der Waals surface area (Å²) in [6.45, 7) is 1.76. The summed E-state index contributed by atoms with van der Waals surface area (Å²) in [5, 5.41) is 16.5. The standard InChI is InChI=1S/C26H20N4O10S2.2K/c1-2-22-20(25(33)29(27-22)16-6-10-18(11-7-16)41(35,36)37)4-3-5-21-24(23(32)14-15-31)28-30(26(21)34)17-8-12-19(13-9-17)42(38,39)40;;/h3-13,27,31H,2H2,1H3,(H,35,36,37)(H,38,39,40);;/q;2*+1/p-2/b4-3?,21-5-;;. The van der Waals surface area contributed by atoms with Gasteiger partial charge in [0.1, 0.15) is 26.3 Å². The summed E-state index contributed by atoms with van der Waals surface area (Å²) in [5.41, 5.74) is -0.321. The summed E-state index contributed by atoms with van der Waals surface area (Å²) in [4.78, 5) is 37.7. The molecule has 0 saturated heterocycles. The topological polar surface area (TPSA) is 222 Å². The van der Waals surface area contributed by atoms with E-state index in [0.29, 0.717) is 12.1 Å². The van der Waals surface area contributed by atoms with Crippen LogP contribution in [0, 0.1) is 12.0 Å². The van der Waals surface area contributed by atoms with E-state index in [1.54, 1.807) is 6.92 Å². The molecular formula is C26H18K2N4O10S2. The van der Waals surface area contributed by atoms with Gasteiger partial charge in [-0.15, -0.1) is 0 Å². The van der Waals surface area contributed by atoms with Gasteiger partial charge in [0.05, 0.1) is 32.3 Å². The largest absolute Gasteiger partial charge is 1.00 e. The van der Waals surface area contributed by atoms with Crippen molar-refractivity contribution < 1.29 is 143 Å². The van der Waals surface area contributed by atoms with E-state index >= 15 is 0 Å². The van der Waals surface area contributed by atoms with Crippen LogP contribution in [0.3, 0.4) is 0 Å². The Bertz CT molecular complexity index is 2040. The molecule has 1 aliphatic heterocycles. The van der Waals surface area contributed by atoms with E-state index in [9.17, 15) is 40.3 Å². The molecule has 0 aliphatic carbocycles. The van der Waals surface area contributed by atoms with E-state index in [2.05, 4.69) is 10.2 Å². The number of ketones is 1. The van der Waals surface area contributed by atoms with Crippen LogP contribution in [0.15, 0.2) is 85.9 Å². The molecule has 216 valence electrons. The Balaban J connectivity index is 0.00000337. The fourth-order valence-corrected chi connectivity index (χ4v) is 4.83. The number of hydrazone groups is 1. The van der Waals surface area contributed by atoms with Crippen LogP contribution >= 0.6 is 0 Å². The molecule has 0 spiro atoms. The van der Waals surface area contributed by atoms with Gasteiger partial charge in [-0.2, -0.15) is 10.1 Å². The Labute approximate surface area is 336 Å². The number of aliphatic hydroxyl groups excluding tert-OH is 1. The van der Waals surface area contributed by atoms with Crippen molar-refractivity contribution >= 4 is 49.4 Å². The fourth-order valence-electron chi connectivity index (χ4n) is 3.89. The second-order valence-corrected chi connectivity index (χ2v) is 11.2. The number of amides is 1. The summed E-state index contributed by atoms with van der Waals surface area (Å²) >= 11 is 0. The number of nitrogens with one attached hydrogen (secondary N) is 1. The molecule has 0 saturated carbocycles. The summed E-state index contributed by atoms with van der Waals surface area (Å²) in [6.07, 6.45) is 5.66. The minimum atomic E-state index is -4.75. The molecule has 1 aliphatic rings. The van der Waals surface area contributed by atoms with Crippen molar-refractivity contribution in [2.45, 2.75) is 23.1 Å². The van der Waals surface area contributed by atoms with Gasteiger partial charge in [0.25, 0.3) is 17.2 Å². The van der Waals surface area contributed by atoms with Crippen LogP contribution in [0.25, 0.3) is 11.8 Å². The van der Waals surface area contributed by atoms with Crippen molar-refractivity contribution in [3.63, 3.8) is 0 Å². The van der Waals surface area contributed by atoms with Crippen molar-refractivity contribution in [3.05, 3.63) is 87.9 Å². The quantitative estimate of drug-likeness (QED) is 0.0991. The van der Waals surface area contributed by atoms with Gasteiger partial charge in [0.15, 0.2) is 5.71 Å². The Morgan fingerprint density at radius 1 is 0.955 bits per heavy atom. The van der Waals surface area contributed by atoms with E-state index in [1.807, 2.05) is 5.92 Å². The molecule has 2 heterocycles. The number of aromatic nitrogens is 2. The molecule has 1 aromatic heterocycles. The average molecular weight is 689 g/mol. The van der Waals surface area contributed by atoms with E-state index in [4.69, 9.17) is 5.11 Å². The molecule has 0 fully saturated rings. The number of anilines is 1. The molecule has 0 unspecified atom stereocenters. The van der Waals surface area contributed by atoms with Crippen LogP contribution < -0.4 is 113 Å². The predicted molar refractivity (Wildman–Crippen MR) is 145 cm³/mol. The monoisotopic (exact) mass is 688 g/mol. The Hall–Kier alpha value is -1.81. The van der Waals surface area contributed by atoms with Crippen molar-refractivity contribution in [3.8, 4) is 17.7 Å². The maximum atomic E-state index is 13.2. The average Bonchev–Trinajstić information content (AvgIpc) is 3.44. The molecule has 0 bridgehead atoms. The van der Waals surface area contributed by atoms with E-state index in [1.165, 1.54) is 36.5 Å². The first-order valence-corrected chi connectivity index (χ1v) is 14.5. The Kier molecular flexibility index (Phi) is 13.7. The van der Waals surface area contributed by atoms with Crippen LogP contribution in [-0.2, 0) is 36.2 Å². The Morgan fingerprint density at radius 2 is 1.48 bits per heavy atom. The van der Waals surface area contributed by atoms with E-state index in [0.717, 1.165) is 46.1 Å². The van der Waals surface area contributed by atoms with Gasteiger partial charge < -0.3 is 14.2 Å². The SMILES string of the molecule is CCc1[nH]n(-c2ccc(S(=O)(=O)[O-])cc2)c(=O)c1C=C/C=C1\C(=O)N(c2ccc(S(=O)(=O)[O-])cc2)N=C1C(=O)C#CO.[K+].[K+]. The smallest absolute Gasteiger partial charge is 0.744 e. The number of hydrogen-bond donors (Lipinski definition) is 2. The number of nitrogens with zero attached hydrogens (tertiary/aromatic N) is 3.